The van der Waals surface area contributed by atoms with E-state index in [1.54, 1.807) is 6.07 Å². The molecule has 80 valence electrons. The monoisotopic (exact) mass is 226 g/mol. The summed E-state index contributed by atoms with van der Waals surface area (Å²) >= 11 is 5.80. The zero-order valence-electron chi connectivity index (χ0n) is 8.29. The summed E-state index contributed by atoms with van der Waals surface area (Å²) < 4.78 is 4.61. The third-order valence-electron chi connectivity index (χ3n) is 2.14. The molecule has 0 saturated heterocycles. The average Bonchev–Trinajstić information content (AvgIpc) is 2.99. The standard InChI is InChI=1S/C10H11ClN2O2/c1-15-10(14)6-4-8(11)13-9(5-6)12-7-2-3-7/h4-5,7H,2-3H2,1H3,(H,12,13). The van der Waals surface area contributed by atoms with Crippen LogP contribution in [0.2, 0.25) is 5.15 Å². The largest absolute Gasteiger partial charge is 0.465 e. The van der Waals surface area contributed by atoms with Gasteiger partial charge in [0, 0.05) is 6.04 Å². The minimum Gasteiger partial charge on any atom is -0.465 e. The van der Waals surface area contributed by atoms with Crippen LogP contribution in [0.1, 0.15) is 23.2 Å². The molecule has 4 nitrogen and oxygen atoms in total. The number of pyridine rings is 1. The summed E-state index contributed by atoms with van der Waals surface area (Å²) in [6, 6.07) is 3.61. The van der Waals surface area contributed by atoms with E-state index in [1.165, 1.54) is 13.2 Å². The van der Waals surface area contributed by atoms with E-state index >= 15 is 0 Å². The van der Waals surface area contributed by atoms with Crippen LogP contribution in [0.15, 0.2) is 12.1 Å². The molecule has 1 aromatic heterocycles. The molecule has 0 unspecified atom stereocenters. The van der Waals surface area contributed by atoms with Gasteiger partial charge in [-0.05, 0) is 25.0 Å². The van der Waals surface area contributed by atoms with Crippen LogP contribution < -0.4 is 5.32 Å². The highest BCUT2D eigenvalue weighted by molar-refractivity contribution is 6.29. The lowest BCUT2D eigenvalue weighted by Crippen LogP contribution is -2.07. The van der Waals surface area contributed by atoms with E-state index < -0.39 is 5.97 Å². The van der Waals surface area contributed by atoms with Crippen LogP contribution in [0.3, 0.4) is 0 Å². The van der Waals surface area contributed by atoms with Crippen molar-refractivity contribution in [3.8, 4) is 0 Å². The zero-order chi connectivity index (χ0) is 10.8. The lowest BCUT2D eigenvalue weighted by atomic mass is 10.2. The molecule has 1 saturated carbocycles. The Bertz CT molecular complexity index is 391. The van der Waals surface area contributed by atoms with Crippen LogP contribution in [0.4, 0.5) is 5.82 Å². The SMILES string of the molecule is COC(=O)c1cc(Cl)nc(NC2CC2)c1. The fourth-order valence-corrected chi connectivity index (χ4v) is 1.45. The van der Waals surface area contributed by atoms with Gasteiger partial charge in [-0.1, -0.05) is 11.6 Å². The molecular weight excluding hydrogens is 216 g/mol. The minimum absolute atomic E-state index is 0.293. The molecule has 0 radical (unpaired) electrons. The second-order valence-electron chi connectivity index (χ2n) is 3.47. The number of hydrogen-bond donors (Lipinski definition) is 1. The number of carbonyl (C=O) groups excluding carboxylic acids is 1. The van der Waals surface area contributed by atoms with Gasteiger partial charge in [0.05, 0.1) is 12.7 Å². The Morgan fingerprint density at radius 2 is 2.33 bits per heavy atom. The van der Waals surface area contributed by atoms with E-state index in [-0.39, 0.29) is 0 Å². The van der Waals surface area contributed by atoms with Gasteiger partial charge in [0.1, 0.15) is 11.0 Å². The Hall–Kier alpha value is -1.29. The van der Waals surface area contributed by atoms with Crippen LogP contribution in [0, 0.1) is 0 Å². The highest BCUT2D eigenvalue weighted by Gasteiger charge is 2.22. The van der Waals surface area contributed by atoms with Gasteiger partial charge in [0.25, 0.3) is 0 Å². The summed E-state index contributed by atoms with van der Waals surface area (Å²) in [5.74, 6) is 0.226. The number of nitrogens with one attached hydrogen (secondary N) is 1. The number of ether oxygens (including phenoxy) is 1. The summed E-state index contributed by atoms with van der Waals surface area (Å²) in [5, 5.41) is 3.47. The molecule has 15 heavy (non-hydrogen) atoms. The van der Waals surface area contributed by atoms with E-state index in [4.69, 9.17) is 11.6 Å². The molecule has 5 heteroatoms. The Balaban J connectivity index is 2.22. The predicted molar refractivity (Wildman–Crippen MR) is 57.2 cm³/mol. The van der Waals surface area contributed by atoms with Crippen molar-refractivity contribution in [3.05, 3.63) is 22.8 Å². The Kier molecular flexibility index (Phi) is 2.77. The van der Waals surface area contributed by atoms with E-state index in [0.717, 1.165) is 12.8 Å². The highest BCUT2D eigenvalue weighted by Crippen LogP contribution is 2.25. The van der Waals surface area contributed by atoms with Crippen molar-refractivity contribution in [2.75, 3.05) is 12.4 Å². The quantitative estimate of drug-likeness (QED) is 0.634. The molecular formula is C10H11ClN2O2. The maximum absolute atomic E-state index is 11.3. The molecule has 0 aromatic carbocycles. The molecule has 1 aromatic rings. The predicted octanol–water partition coefficient (Wildman–Crippen LogP) is 2.10. The fourth-order valence-electron chi connectivity index (χ4n) is 1.24. The Morgan fingerprint density at radius 1 is 1.60 bits per heavy atom. The zero-order valence-corrected chi connectivity index (χ0v) is 9.04. The number of esters is 1. The van der Waals surface area contributed by atoms with Crippen LogP contribution in [-0.2, 0) is 4.74 Å². The summed E-state index contributed by atoms with van der Waals surface area (Å²) in [7, 11) is 1.34. The highest BCUT2D eigenvalue weighted by atomic mass is 35.5. The summed E-state index contributed by atoms with van der Waals surface area (Å²) in [6.45, 7) is 0. The lowest BCUT2D eigenvalue weighted by molar-refractivity contribution is 0.0600. The summed E-state index contributed by atoms with van der Waals surface area (Å²) in [4.78, 5) is 15.4. The molecule has 1 heterocycles. The second-order valence-corrected chi connectivity index (χ2v) is 3.86. The number of nitrogens with zero attached hydrogens (tertiary/aromatic N) is 1. The number of carbonyl (C=O) groups is 1. The van der Waals surface area contributed by atoms with Crippen molar-refractivity contribution in [2.24, 2.45) is 0 Å². The number of methoxy groups -OCH3 is 1. The Morgan fingerprint density at radius 3 is 2.93 bits per heavy atom. The van der Waals surface area contributed by atoms with E-state index in [2.05, 4.69) is 15.0 Å². The number of halogens is 1. The van der Waals surface area contributed by atoms with Crippen molar-refractivity contribution in [1.82, 2.24) is 4.98 Å². The molecule has 0 atom stereocenters. The normalized spacial score (nSPS) is 14.8. The first-order chi connectivity index (χ1) is 7.19. The molecule has 1 aliphatic rings. The fraction of sp³-hybridized carbons (Fsp3) is 0.400. The van der Waals surface area contributed by atoms with Gasteiger partial charge in [-0.15, -0.1) is 0 Å². The third-order valence-corrected chi connectivity index (χ3v) is 2.34. The van der Waals surface area contributed by atoms with Crippen LogP contribution in [0.5, 0.6) is 0 Å². The first-order valence-electron chi connectivity index (χ1n) is 4.71. The van der Waals surface area contributed by atoms with Crippen molar-refractivity contribution in [3.63, 3.8) is 0 Å². The van der Waals surface area contributed by atoms with Crippen molar-refractivity contribution in [1.29, 1.82) is 0 Å². The third kappa shape index (κ3) is 2.59. The van der Waals surface area contributed by atoms with E-state index in [1.807, 2.05) is 0 Å². The Labute approximate surface area is 92.6 Å². The molecule has 0 spiro atoms. The molecule has 1 fully saturated rings. The first kappa shape index (κ1) is 10.2. The lowest BCUT2D eigenvalue weighted by Gasteiger charge is -2.06. The molecule has 2 rings (SSSR count). The number of rotatable bonds is 3. The van der Waals surface area contributed by atoms with Gasteiger partial charge in [0.2, 0.25) is 0 Å². The number of hydrogen-bond acceptors (Lipinski definition) is 4. The smallest absolute Gasteiger partial charge is 0.338 e. The molecule has 1 aliphatic carbocycles. The van der Waals surface area contributed by atoms with Crippen LogP contribution in [-0.4, -0.2) is 24.1 Å². The van der Waals surface area contributed by atoms with Gasteiger partial charge in [0.15, 0.2) is 0 Å². The maximum Gasteiger partial charge on any atom is 0.338 e. The molecule has 0 bridgehead atoms. The maximum atomic E-state index is 11.3. The van der Waals surface area contributed by atoms with Gasteiger partial charge in [-0.3, -0.25) is 0 Å². The molecule has 0 amide bonds. The van der Waals surface area contributed by atoms with Crippen molar-refractivity contribution < 1.29 is 9.53 Å². The second kappa shape index (κ2) is 4.06. The minimum atomic E-state index is -0.404. The van der Waals surface area contributed by atoms with E-state index in [0.29, 0.717) is 22.6 Å². The average molecular weight is 227 g/mol. The van der Waals surface area contributed by atoms with Gasteiger partial charge in [-0.2, -0.15) is 0 Å². The van der Waals surface area contributed by atoms with E-state index in [9.17, 15) is 4.79 Å². The topological polar surface area (TPSA) is 51.2 Å². The number of aromatic nitrogens is 1. The van der Waals surface area contributed by atoms with Gasteiger partial charge >= 0.3 is 5.97 Å². The van der Waals surface area contributed by atoms with Gasteiger partial charge < -0.3 is 10.1 Å². The number of anilines is 1. The van der Waals surface area contributed by atoms with Gasteiger partial charge in [-0.25, -0.2) is 9.78 Å². The van der Waals surface area contributed by atoms with Crippen molar-refractivity contribution >= 4 is 23.4 Å². The summed E-state index contributed by atoms with van der Waals surface area (Å²) in [6.07, 6.45) is 2.28. The van der Waals surface area contributed by atoms with Crippen LogP contribution >= 0.6 is 11.6 Å². The summed E-state index contributed by atoms with van der Waals surface area (Å²) in [5.41, 5.74) is 0.417. The molecule has 0 aliphatic heterocycles. The first-order valence-corrected chi connectivity index (χ1v) is 5.09. The van der Waals surface area contributed by atoms with Crippen molar-refractivity contribution in [2.45, 2.75) is 18.9 Å². The molecule has 1 N–H and O–H groups in total. The van der Waals surface area contributed by atoms with Crippen LogP contribution in [0.25, 0.3) is 0 Å².